The smallest absolute Gasteiger partial charge is 0.220 e. The van der Waals surface area contributed by atoms with Crippen molar-refractivity contribution in [1.29, 1.82) is 0 Å². The van der Waals surface area contributed by atoms with Crippen molar-refractivity contribution in [3.05, 3.63) is 59.2 Å². The topological polar surface area (TPSA) is 47.6 Å². The van der Waals surface area contributed by atoms with Crippen LogP contribution in [0.25, 0.3) is 0 Å². The highest BCUT2D eigenvalue weighted by atomic mass is 16.5. The second-order valence-electron chi connectivity index (χ2n) is 6.80. The Morgan fingerprint density at radius 3 is 2.58 bits per heavy atom. The molecule has 4 nitrogen and oxygen atoms in total. The number of carbonyl (C=O) groups excluding carboxylic acids is 1. The van der Waals surface area contributed by atoms with Crippen molar-refractivity contribution in [3.8, 4) is 11.5 Å². The Balaban J connectivity index is 1.39. The van der Waals surface area contributed by atoms with Crippen LogP contribution in [0.1, 0.15) is 48.9 Å². The molecule has 0 bridgehead atoms. The lowest BCUT2D eigenvalue weighted by molar-refractivity contribution is -0.121. The predicted octanol–water partition coefficient (Wildman–Crippen LogP) is 4.22. The highest BCUT2D eigenvalue weighted by molar-refractivity contribution is 5.76. The molecule has 0 fully saturated rings. The number of methoxy groups -OCH3 is 1. The standard InChI is InChI=1S/C22H27NO3/c1-16(18-9-8-17-5-3-6-19(17)15-18)23-22(24)7-4-14-26-21-12-10-20(25-2)11-13-21/h8-13,15-16H,3-7,14H2,1-2H3,(H,23,24)/t16-/m0/s1. The Kier molecular flexibility index (Phi) is 6.16. The van der Waals surface area contributed by atoms with Crippen LogP contribution < -0.4 is 14.8 Å². The second kappa shape index (κ2) is 8.75. The van der Waals surface area contributed by atoms with Gasteiger partial charge in [-0.25, -0.2) is 0 Å². The lowest BCUT2D eigenvalue weighted by Crippen LogP contribution is -2.26. The molecule has 2 aromatic rings. The van der Waals surface area contributed by atoms with E-state index in [1.165, 1.54) is 29.5 Å². The van der Waals surface area contributed by atoms with Gasteiger partial charge < -0.3 is 14.8 Å². The van der Waals surface area contributed by atoms with Crippen LogP contribution in [0.2, 0.25) is 0 Å². The highest BCUT2D eigenvalue weighted by Crippen LogP contribution is 2.25. The van der Waals surface area contributed by atoms with E-state index in [0.29, 0.717) is 19.4 Å². The van der Waals surface area contributed by atoms with Gasteiger partial charge in [-0.1, -0.05) is 18.2 Å². The number of carbonyl (C=O) groups is 1. The van der Waals surface area contributed by atoms with E-state index in [2.05, 4.69) is 23.5 Å². The number of ether oxygens (including phenoxy) is 2. The van der Waals surface area contributed by atoms with Gasteiger partial charge in [0.15, 0.2) is 0 Å². The third-order valence-corrected chi connectivity index (χ3v) is 4.88. The fourth-order valence-corrected chi connectivity index (χ4v) is 3.35. The Labute approximate surface area is 155 Å². The van der Waals surface area contributed by atoms with Gasteiger partial charge in [0.25, 0.3) is 0 Å². The summed E-state index contributed by atoms with van der Waals surface area (Å²) < 4.78 is 10.8. The third kappa shape index (κ3) is 4.78. The molecule has 1 amide bonds. The summed E-state index contributed by atoms with van der Waals surface area (Å²) in [6, 6.07) is 14.1. The van der Waals surface area contributed by atoms with Crippen molar-refractivity contribution in [1.82, 2.24) is 5.32 Å². The number of nitrogens with one attached hydrogen (secondary N) is 1. The van der Waals surface area contributed by atoms with E-state index >= 15 is 0 Å². The molecule has 1 N–H and O–H groups in total. The minimum Gasteiger partial charge on any atom is -0.497 e. The fourth-order valence-electron chi connectivity index (χ4n) is 3.35. The normalized spacial score (nSPS) is 13.8. The molecule has 1 atom stereocenters. The van der Waals surface area contributed by atoms with Crippen molar-refractivity contribution >= 4 is 5.91 Å². The number of hydrogen-bond acceptors (Lipinski definition) is 3. The first-order valence-corrected chi connectivity index (χ1v) is 9.33. The molecule has 3 rings (SSSR count). The highest BCUT2D eigenvalue weighted by Gasteiger charge is 2.14. The maximum Gasteiger partial charge on any atom is 0.220 e. The average molecular weight is 353 g/mol. The van der Waals surface area contributed by atoms with E-state index in [1.807, 2.05) is 31.2 Å². The van der Waals surface area contributed by atoms with Gasteiger partial charge in [-0.3, -0.25) is 4.79 Å². The van der Waals surface area contributed by atoms with Crippen LogP contribution in [-0.2, 0) is 17.6 Å². The maximum atomic E-state index is 12.2. The zero-order chi connectivity index (χ0) is 18.4. The van der Waals surface area contributed by atoms with Crippen LogP contribution in [-0.4, -0.2) is 19.6 Å². The molecule has 0 unspecified atom stereocenters. The molecule has 0 radical (unpaired) electrons. The first-order valence-electron chi connectivity index (χ1n) is 9.33. The molecular weight excluding hydrogens is 326 g/mol. The van der Waals surface area contributed by atoms with Crippen molar-refractivity contribution in [3.63, 3.8) is 0 Å². The molecule has 0 saturated carbocycles. The lowest BCUT2D eigenvalue weighted by atomic mass is 10.0. The van der Waals surface area contributed by atoms with E-state index in [-0.39, 0.29) is 11.9 Å². The summed E-state index contributed by atoms with van der Waals surface area (Å²) in [5, 5.41) is 3.09. The maximum absolute atomic E-state index is 12.2. The first kappa shape index (κ1) is 18.3. The molecule has 26 heavy (non-hydrogen) atoms. The molecular formula is C22H27NO3. The van der Waals surface area contributed by atoms with E-state index in [9.17, 15) is 4.79 Å². The van der Waals surface area contributed by atoms with Gasteiger partial charge in [0.2, 0.25) is 5.91 Å². The van der Waals surface area contributed by atoms with Gasteiger partial charge in [-0.05, 0) is 73.6 Å². The third-order valence-electron chi connectivity index (χ3n) is 4.88. The summed E-state index contributed by atoms with van der Waals surface area (Å²) in [7, 11) is 1.64. The molecule has 4 heteroatoms. The summed E-state index contributed by atoms with van der Waals surface area (Å²) in [5.41, 5.74) is 4.09. The van der Waals surface area contributed by atoms with Gasteiger partial charge >= 0.3 is 0 Å². The second-order valence-corrected chi connectivity index (χ2v) is 6.80. The van der Waals surface area contributed by atoms with E-state index in [1.54, 1.807) is 7.11 Å². The van der Waals surface area contributed by atoms with Crippen LogP contribution in [0.4, 0.5) is 0 Å². The summed E-state index contributed by atoms with van der Waals surface area (Å²) in [5.74, 6) is 1.66. The van der Waals surface area contributed by atoms with E-state index in [4.69, 9.17) is 9.47 Å². The Bertz CT molecular complexity index is 740. The Morgan fingerprint density at radius 1 is 1.08 bits per heavy atom. The molecule has 0 heterocycles. The quantitative estimate of drug-likeness (QED) is 0.723. The number of fused-ring (bicyclic) bond motifs is 1. The van der Waals surface area contributed by atoms with Gasteiger partial charge in [-0.2, -0.15) is 0 Å². The molecule has 0 aromatic heterocycles. The van der Waals surface area contributed by atoms with Gasteiger partial charge in [0, 0.05) is 6.42 Å². The number of aryl methyl sites for hydroxylation is 2. The van der Waals surface area contributed by atoms with Crippen LogP contribution in [0, 0.1) is 0 Å². The Morgan fingerprint density at radius 2 is 1.81 bits per heavy atom. The molecule has 0 spiro atoms. The zero-order valence-electron chi connectivity index (χ0n) is 15.6. The van der Waals surface area contributed by atoms with Gasteiger partial charge in [-0.15, -0.1) is 0 Å². The zero-order valence-corrected chi connectivity index (χ0v) is 15.6. The fraction of sp³-hybridized carbons (Fsp3) is 0.409. The molecule has 2 aromatic carbocycles. The van der Waals surface area contributed by atoms with E-state index in [0.717, 1.165) is 17.9 Å². The van der Waals surface area contributed by atoms with Crippen molar-refractivity contribution in [2.24, 2.45) is 0 Å². The van der Waals surface area contributed by atoms with Crippen LogP contribution >= 0.6 is 0 Å². The first-order chi connectivity index (χ1) is 12.7. The number of amides is 1. The van der Waals surface area contributed by atoms with Gasteiger partial charge in [0.05, 0.1) is 19.8 Å². The summed E-state index contributed by atoms with van der Waals surface area (Å²) in [6.07, 6.45) is 4.74. The Hall–Kier alpha value is -2.49. The van der Waals surface area contributed by atoms with Crippen molar-refractivity contribution in [2.75, 3.05) is 13.7 Å². The molecule has 138 valence electrons. The lowest BCUT2D eigenvalue weighted by Gasteiger charge is -2.16. The minimum absolute atomic E-state index is 0.0379. The molecule has 0 saturated heterocycles. The predicted molar refractivity (Wildman–Crippen MR) is 103 cm³/mol. The van der Waals surface area contributed by atoms with Crippen molar-refractivity contribution < 1.29 is 14.3 Å². The molecule has 1 aliphatic rings. The average Bonchev–Trinajstić information content (AvgIpc) is 3.13. The van der Waals surface area contributed by atoms with Crippen LogP contribution in [0.5, 0.6) is 11.5 Å². The largest absolute Gasteiger partial charge is 0.497 e. The number of benzene rings is 2. The van der Waals surface area contributed by atoms with Crippen LogP contribution in [0.15, 0.2) is 42.5 Å². The minimum atomic E-state index is 0.0379. The summed E-state index contributed by atoms with van der Waals surface area (Å²) in [4.78, 5) is 12.2. The number of rotatable bonds is 8. The van der Waals surface area contributed by atoms with E-state index < -0.39 is 0 Å². The van der Waals surface area contributed by atoms with Crippen molar-refractivity contribution in [2.45, 2.75) is 45.1 Å². The SMILES string of the molecule is COc1ccc(OCCCC(=O)N[C@@H](C)c2ccc3c(c2)CCC3)cc1. The summed E-state index contributed by atoms with van der Waals surface area (Å²) in [6.45, 7) is 2.56. The summed E-state index contributed by atoms with van der Waals surface area (Å²) >= 11 is 0. The molecule has 0 aliphatic heterocycles. The monoisotopic (exact) mass is 353 g/mol. The van der Waals surface area contributed by atoms with Crippen LogP contribution in [0.3, 0.4) is 0 Å². The molecule has 1 aliphatic carbocycles. The van der Waals surface area contributed by atoms with Gasteiger partial charge in [0.1, 0.15) is 11.5 Å². The number of hydrogen-bond donors (Lipinski definition) is 1.